The Morgan fingerprint density at radius 2 is 2.32 bits per heavy atom. The number of unbranched alkanes of at least 4 members (excludes halogenated alkanes) is 1. The minimum absolute atomic E-state index is 0.702. The van der Waals surface area contributed by atoms with Crippen molar-refractivity contribution in [3.63, 3.8) is 0 Å². The van der Waals surface area contributed by atoms with Gasteiger partial charge in [-0.05, 0) is 31.0 Å². The molecular weight excluding hydrogens is 258 g/mol. The van der Waals surface area contributed by atoms with Crippen LogP contribution in [0.5, 0.6) is 5.75 Å². The summed E-state index contributed by atoms with van der Waals surface area (Å²) < 4.78 is 5.93. The number of halogens is 1. The molecule has 1 aromatic carbocycles. The van der Waals surface area contributed by atoms with E-state index in [9.17, 15) is 0 Å². The van der Waals surface area contributed by atoms with Gasteiger partial charge in [0, 0.05) is 17.1 Å². The van der Waals surface area contributed by atoms with E-state index in [0.717, 1.165) is 41.5 Å². The first kappa shape index (κ1) is 13.9. The van der Waals surface area contributed by atoms with Gasteiger partial charge in [0.2, 0.25) is 0 Å². The number of pyridine rings is 1. The molecule has 2 aromatic rings. The Bertz CT molecular complexity index is 580. The second-order valence-corrected chi connectivity index (χ2v) is 4.85. The van der Waals surface area contributed by atoms with Gasteiger partial charge in [-0.3, -0.25) is 4.98 Å². The Kier molecular flexibility index (Phi) is 4.80. The summed E-state index contributed by atoms with van der Waals surface area (Å²) in [7, 11) is 0. The standard InChI is InChI=1S/C16H18ClNO/c1-3-5-10-19-16-12(7-4-2)11-14(17)13-8-6-9-18-15(13)16/h4,6,8-9,11H,2-3,5,7,10H2,1H3. The topological polar surface area (TPSA) is 22.1 Å². The van der Waals surface area contributed by atoms with Gasteiger partial charge in [-0.25, -0.2) is 0 Å². The molecule has 1 aromatic heterocycles. The normalized spacial score (nSPS) is 10.6. The van der Waals surface area contributed by atoms with E-state index in [1.54, 1.807) is 6.20 Å². The van der Waals surface area contributed by atoms with Crippen molar-refractivity contribution in [1.82, 2.24) is 4.98 Å². The zero-order chi connectivity index (χ0) is 13.7. The van der Waals surface area contributed by atoms with Gasteiger partial charge in [-0.1, -0.05) is 31.0 Å². The molecule has 0 aliphatic carbocycles. The minimum atomic E-state index is 0.702. The van der Waals surface area contributed by atoms with E-state index in [4.69, 9.17) is 16.3 Å². The fraction of sp³-hybridized carbons (Fsp3) is 0.312. The summed E-state index contributed by atoms with van der Waals surface area (Å²) in [5.74, 6) is 0.841. The Morgan fingerprint density at radius 1 is 1.47 bits per heavy atom. The van der Waals surface area contributed by atoms with Crippen molar-refractivity contribution in [1.29, 1.82) is 0 Å². The van der Waals surface area contributed by atoms with Crippen LogP contribution in [0.4, 0.5) is 0 Å². The third-order valence-corrected chi connectivity index (χ3v) is 3.29. The molecule has 0 saturated heterocycles. The first-order chi connectivity index (χ1) is 9.27. The van der Waals surface area contributed by atoms with Gasteiger partial charge in [-0.15, -0.1) is 6.58 Å². The van der Waals surface area contributed by atoms with Gasteiger partial charge < -0.3 is 4.74 Å². The predicted octanol–water partition coefficient (Wildman–Crippen LogP) is 4.80. The zero-order valence-electron chi connectivity index (χ0n) is 11.2. The van der Waals surface area contributed by atoms with Crippen LogP contribution in [0.15, 0.2) is 37.1 Å². The highest BCUT2D eigenvalue weighted by Crippen LogP contribution is 2.34. The van der Waals surface area contributed by atoms with Crippen molar-refractivity contribution in [3.8, 4) is 5.75 Å². The van der Waals surface area contributed by atoms with Gasteiger partial charge in [0.1, 0.15) is 11.3 Å². The molecule has 0 atom stereocenters. The zero-order valence-corrected chi connectivity index (χ0v) is 11.9. The molecule has 0 radical (unpaired) electrons. The molecule has 0 N–H and O–H groups in total. The van der Waals surface area contributed by atoms with Crippen LogP contribution in [0.3, 0.4) is 0 Å². The third-order valence-electron chi connectivity index (χ3n) is 2.98. The number of rotatable bonds is 6. The van der Waals surface area contributed by atoms with Crippen LogP contribution in [0, 0.1) is 0 Å². The van der Waals surface area contributed by atoms with Crippen LogP contribution >= 0.6 is 11.6 Å². The van der Waals surface area contributed by atoms with Crippen LogP contribution in [-0.4, -0.2) is 11.6 Å². The van der Waals surface area contributed by atoms with Crippen LogP contribution in [0.1, 0.15) is 25.3 Å². The second-order valence-electron chi connectivity index (χ2n) is 4.44. The van der Waals surface area contributed by atoms with Gasteiger partial charge in [0.05, 0.1) is 11.6 Å². The first-order valence-corrected chi connectivity index (χ1v) is 6.95. The fourth-order valence-corrected chi connectivity index (χ4v) is 2.30. The Morgan fingerprint density at radius 3 is 3.05 bits per heavy atom. The van der Waals surface area contributed by atoms with Crippen molar-refractivity contribution in [2.24, 2.45) is 0 Å². The molecule has 0 spiro atoms. The summed E-state index contributed by atoms with van der Waals surface area (Å²) in [6.45, 7) is 6.63. The summed E-state index contributed by atoms with van der Waals surface area (Å²) in [5.41, 5.74) is 1.88. The van der Waals surface area contributed by atoms with E-state index < -0.39 is 0 Å². The lowest BCUT2D eigenvalue weighted by molar-refractivity contribution is 0.310. The summed E-state index contributed by atoms with van der Waals surface area (Å²) in [6, 6.07) is 5.81. The van der Waals surface area contributed by atoms with E-state index in [0.29, 0.717) is 11.6 Å². The monoisotopic (exact) mass is 275 g/mol. The van der Waals surface area contributed by atoms with Crippen molar-refractivity contribution in [2.75, 3.05) is 6.61 Å². The van der Waals surface area contributed by atoms with E-state index in [-0.39, 0.29) is 0 Å². The lowest BCUT2D eigenvalue weighted by Gasteiger charge is -2.14. The van der Waals surface area contributed by atoms with Crippen LogP contribution < -0.4 is 4.74 Å². The Labute approximate surface area is 119 Å². The molecule has 2 nitrogen and oxygen atoms in total. The van der Waals surface area contributed by atoms with Crippen LogP contribution in [0.25, 0.3) is 10.9 Å². The van der Waals surface area contributed by atoms with Crippen molar-refractivity contribution >= 4 is 22.5 Å². The number of allylic oxidation sites excluding steroid dienone is 1. The summed E-state index contributed by atoms with van der Waals surface area (Å²) in [6.07, 6.45) is 6.49. The number of hydrogen-bond donors (Lipinski definition) is 0. The van der Waals surface area contributed by atoms with Gasteiger partial charge in [0.25, 0.3) is 0 Å². The molecule has 0 fully saturated rings. The molecule has 1 heterocycles. The van der Waals surface area contributed by atoms with Crippen LogP contribution in [0.2, 0.25) is 5.02 Å². The van der Waals surface area contributed by atoms with E-state index in [1.165, 1.54) is 0 Å². The van der Waals surface area contributed by atoms with Gasteiger partial charge in [0.15, 0.2) is 0 Å². The fourth-order valence-electron chi connectivity index (χ4n) is 2.01. The Balaban J connectivity index is 2.51. The molecule has 3 heteroatoms. The summed E-state index contributed by atoms with van der Waals surface area (Å²) in [5, 5.41) is 1.64. The van der Waals surface area contributed by atoms with Gasteiger partial charge in [-0.2, -0.15) is 0 Å². The Hall–Kier alpha value is -1.54. The number of benzene rings is 1. The second kappa shape index (κ2) is 6.58. The smallest absolute Gasteiger partial charge is 0.149 e. The maximum atomic E-state index is 6.30. The van der Waals surface area contributed by atoms with Crippen molar-refractivity contribution in [2.45, 2.75) is 26.2 Å². The first-order valence-electron chi connectivity index (χ1n) is 6.57. The molecule has 0 aliphatic rings. The number of aromatic nitrogens is 1. The predicted molar refractivity (Wildman–Crippen MR) is 81.1 cm³/mol. The quantitative estimate of drug-likeness (QED) is 0.558. The van der Waals surface area contributed by atoms with Crippen LogP contribution in [-0.2, 0) is 6.42 Å². The average Bonchev–Trinajstić information content (AvgIpc) is 2.43. The van der Waals surface area contributed by atoms with Gasteiger partial charge >= 0.3 is 0 Å². The highest BCUT2D eigenvalue weighted by molar-refractivity contribution is 6.35. The minimum Gasteiger partial charge on any atom is -0.491 e. The molecule has 0 amide bonds. The number of nitrogens with zero attached hydrogens (tertiary/aromatic N) is 1. The lowest BCUT2D eigenvalue weighted by Crippen LogP contribution is -2.01. The number of hydrogen-bond acceptors (Lipinski definition) is 2. The molecule has 2 rings (SSSR count). The SMILES string of the molecule is C=CCc1cc(Cl)c2cccnc2c1OCCCC. The molecule has 0 bridgehead atoms. The molecule has 100 valence electrons. The summed E-state index contributed by atoms with van der Waals surface area (Å²) in [4.78, 5) is 4.42. The van der Waals surface area contributed by atoms with E-state index in [1.807, 2.05) is 24.3 Å². The number of fused-ring (bicyclic) bond motifs is 1. The maximum Gasteiger partial charge on any atom is 0.149 e. The maximum absolute atomic E-state index is 6.30. The number of ether oxygens (including phenoxy) is 1. The van der Waals surface area contributed by atoms with E-state index in [2.05, 4.69) is 18.5 Å². The molecule has 0 unspecified atom stereocenters. The largest absolute Gasteiger partial charge is 0.491 e. The molecular formula is C16H18ClNO. The van der Waals surface area contributed by atoms with Crippen molar-refractivity contribution < 1.29 is 4.74 Å². The lowest BCUT2D eigenvalue weighted by atomic mass is 10.1. The van der Waals surface area contributed by atoms with Crippen molar-refractivity contribution in [3.05, 3.63) is 47.6 Å². The molecule has 0 saturated carbocycles. The highest BCUT2D eigenvalue weighted by atomic mass is 35.5. The average molecular weight is 276 g/mol. The molecule has 0 aliphatic heterocycles. The summed E-state index contributed by atoms with van der Waals surface area (Å²) >= 11 is 6.30. The highest BCUT2D eigenvalue weighted by Gasteiger charge is 2.12. The third kappa shape index (κ3) is 3.07. The molecule has 19 heavy (non-hydrogen) atoms. The van der Waals surface area contributed by atoms with E-state index >= 15 is 0 Å².